The molecule has 17 heavy (non-hydrogen) atoms. The molecule has 0 spiro atoms. The molecular weight excluding hydrogens is 214 g/mol. The molecule has 3 N–H and O–H groups in total. The predicted octanol–water partition coefficient (Wildman–Crippen LogP) is 1.33. The van der Waals surface area contributed by atoms with E-state index in [9.17, 15) is 4.79 Å². The van der Waals surface area contributed by atoms with E-state index in [-0.39, 0.29) is 5.91 Å². The van der Waals surface area contributed by atoms with Crippen LogP contribution in [0.25, 0.3) is 0 Å². The van der Waals surface area contributed by atoms with Crippen molar-refractivity contribution < 1.29 is 4.79 Å². The van der Waals surface area contributed by atoms with E-state index >= 15 is 0 Å². The lowest BCUT2D eigenvalue weighted by Gasteiger charge is -2.26. The van der Waals surface area contributed by atoms with Gasteiger partial charge in [0.2, 0.25) is 0 Å². The van der Waals surface area contributed by atoms with Crippen LogP contribution in [-0.2, 0) is 0 Å². The Bertz CT molecular complexity index is 366. The summed E-state index contributed by atoms with van der Waals surface area (Å²) in [6.07, 6.45) is 7.73. The Morgan fingerprint density at radius 2 is 2.41 bits per heavy atom. The standard InChI is InChI=1S/C13H19N3O/c14-12-5-1-3-10(7-12)8-16-13(17)11-4-2-6-15-9-11/h2,4,6,9-10,12H,1,3,5,7-8,14H2,(H,16,17). The minimum absolute atomic E-state index is 0.0442. The second-order valence-corrected chi connectivity index (χ2v) is 4.74. The van der Waals surface area contributed by atoms with Gasteiger partial charge in [0, 0.05) is 25.0 Å². The summed E-state index contributed by atoms with van der Waals surface area (Å²) in [4.78, 5) is 15.7. The molecule has 0 bridgehead atoms. The number of carbonyl (C=O) groups is 1. The summed E-state index contributed by atoms with van der Waals surface area (Å²) in [7, 11) is 0. The van der Waals surface area contributed by atoms with E-state index in [0.29, 0.717) is 17.5 Å². The van der Waals surface area contributed by atoms with Crippen LogP contribution < -0.4 is 11.1 Å². The fourth-order valence-corrected chi connectivity index (χ4v) is 2.35. The van der Waals surface area contributed by atoms with Crippen molar-refractivity contribution in [3.8, 4) is 0 Å². The van der Waals surface area contributed by atoms with Crippen molar-refractivity contribution in [3.05, 3.63) is 30.1 Å². The van der Waals surface area contributed by atoms with Gasteiger partial charge in [-0.05, 0) is 37.3 Å². The van der Waals surface area contributed by atoms with E-state index in [2.05, 4.69) is 10.3 Å². The highest BCUT2D eigenvalue weighted by atomic mass is 16.1. The normalized spacial score (nSPS) is 24.3. The molecule has 4 nitrogen and oxygen atoms in total. The molecule has 4 heteroatoms. The van der Waals surface area contributed by atoms with E-state index in [1.807, 2.05) is 0 Å². The molecule has 0 aromatic carbocycles. The number of amides is 1. The summed E-state index contributed by atoms with van der Waals surface area (Å²) in [6.45, 7) is 0.724. The first-order chi connectivity index (χ1) is 8.25. The SMILES string of the molecule is NC1CCCC(CNC(=O)c2cccnc2)C1. The number of nitrogens with one attached hydrogen (secondary N) is 1. The molecule has 0 saturated heterocycles. The van der Waals surface area contributed by atoms with E-state index in [0.717, 1.165) is 19.4 Å². The van der Waals surface area contributed by atoms with Gasteiger partial charge in [0.15, 0.2) is 0 Å². The predicted molar refractivity (Wildman–Crippen MR) is 66.5 cm³/mol. The van der Waals surface area contributed by atoms with Crippen LogP contribution >= 0.6 is 0 Å². The fourth-order valence-electron chi connectivity index (χ4n) is 2.35. The third-order valence-corrected chi connectivity index (χ3v) is 3.30. The average Bonchev–Trinajstić information content (AvgIpc) is 2.37. The Kier molecular flexibility index (Phi) is 4.09. The van der Waals surface area contributed by atoms with Crippen LogP contribution in [-0.4, -0.2) is 23.5 Å². The lowest BCUT2D eigenvalue weighted by atomic mass is 9.86. The molecule has 1 aromatic rings. The minimum Gasteiger partial charge on any atom is -0.352 e. The molecule has 1 saturated carbocycles. The molecule has 1 fully saturated rings. The zero-order valence-electron chi connectivity index (χ0n) is 9.93. The molecule has 1 aromatic heterocycles. The van der Waals surface area contributed by atoms with Crippen molar-refractivity contribution in [2.45, 2.75) is 31.7 Å². The van der Waals surface area contributed by atoms with Gasteiger partial charge in [-0.15, -0.1) is 0 Å². The van der Waals surface area contributed by atoms with Crippen LogP contribution in [0.15, 0.2) is 24.5 Å². The molecule has 2 unspecified atom stereocenters. The van der Waals surface area contributed by atoms with Crippen molar-refractivity contribution in [2.24, 2.45) is 11.7 Å². The first-order valence-electron chi connectivity index (χ1n) is 6.19. The zero-order chi connectivity index (χ0) is 12.1. The van der Waals surface area contributed by atoms with Gasteiger partial charge in [-0.1, -0.05) is 6.42 Å². The maximum absolute atomic E-state index is 11.8. The van der Waals surface area contributed by atoms with Gasteiger partial charge in [-0.25, -0.2) is 0 Å². The van der Waals surface area contributed by atoms with Crippen LogP contribution in [0.3, 0.4) is 0 Å². The maximum Gasteiger partial charge on any atom is 0.252 e. The summed E-state index contributed by atoms with van der Waals surface area (Å²) in [5.41, 5.74) is 6.54. The second kappa shape index (κ2) is 5.77. The lowest BCUT2D eigenvalue weighted by molar-refractivity contribution is 0.0942. The average molecular weight is 233 g/mol. The molecule has 1 heterocycles. The summed E-state index contributed by atoms with van der Waals surface area (Å²) >= 11 is 0. The number of nitrogens with zero attached hydrogens (tertiary/aromatic N) is 1. The molecule has 92 valence electrons. The first-order valence-corrected chi connectivity index (χ1v) is 6.19. The molecule has 1 aliphatic rings. The summed E-state index contributed by atoms with van der Waals surface area (Å²) in [5, 5.41) is 2.95. The fraction of sp³-hybridized carbons (Fsp3) is 0.538. The van der Waals surface area contributed by atoms with Gasteiger partial charge >= 0.3 is 0 Å². The van der Waals surface area contributed by atoms with Crippen LogP contribution in [0.4, 0.5) is 0 Å². The Balaban J connectivity index is 1.80. The van der Waals surface area contributed by atoms with Gasteiger partial charge < -0.3 is 11.1 Å². The number of pyridine rings is 1. The largest absolute Gasteiger partial charge is 0.352 e. The molecule has 2 atom stereocenters. The zero-order valence-corrected chi connectivity index (χ0v) is 9.93. The van der Waals surface area contributed by atoms with E-state index in [1.54, 1.807) is 24.5 Å². The molecule has 1 aliphatic carbocycles. The first kappa shape index (κ1) is 12.0. The third-order valence-electron chi connectivity index (χ3n) is 3.30. The van der Waals surface area contributed by atoms with Crippen molar-refractivity contribution in [1.29, 1.82) is 0 Å². The van der Waals surface area contributed by atoms with Crippen LogP contribution in [0.2, 0.25) is 0 Å². The third kappa shape index (κ3) is 3.53. The minimum atomic E-state index is -0.0442. The van der Waals surface area contributed by atoms with Gasteiger partial charge in [0.25, 0.3) is 5.91 Å². The number of hydrogen-bond acceptors (Lipinski definition) is 3. The summed E-state index contributed by atoms with van der Waals surface area (Å²) in [6, 6.07) is 3.85. The Labute approximate surface area is 102 Å². The van der Waals surface area contributed by atoms with E-state index in [4.69, 9.17) is 5.73 Å². The monoisotopic (exact) mass is 233 g/mol. The van der Waals surface area contributed by atoms with E-state index < -0.39 is 0 Å². The lowest BCUT2D eigenvalue weighted by Crippen LogP contribution is -2.35. The molecule has 1 amide bonds. The van der Waals surface area contributed by atoms with Crippen molar-refractivity contribution in [3.63, 3.8) is 0 Å². The highest BCUT2D eigenvalue weighted by Crippen LogP contribution is 2.22. The number of nitrogens with two attached hydrogens (primary N) is 1. The van der Waals surface area contributed by atoms with Crippen molar-refractivity contribution >= 4 is 5.91 Å². The van der Waals surface area contributed by atoms with Gasteiger partial charge in [0.1, 0.15) is 0 Å². The van der Waals surface area contributed by atoms with Crippen molar-refractivity contribution in [1.82, 2.24) is 10.3 Å². The Morgan fingerprint density at radius 1 is 1.53 bits per heavy atom. The van der Waals surface area contributed by atoms with Gasteiger partial charge in [0.05, 0.1) is 5.56 Å². The topological polar surface area (TPSA) is 68.0 Å². The molecule has 2 rings (SSSR count). The summed E-state index contributed by atoms with van der Waals surface area (Å²) < 4.78 is 0. The smallest absolute Gasteiger partial charge is 0.252 e. The Hall–Kier alpha value is -1.42. The van der Waals surface area contributed by atoms with Gasteiger partial charge in [-0.2, -0.15) is 0 Å². The Morgan fingerprint density at radius 3 is 3.12 bits per heavy atom. The molecule has 0 aliphatic heterocycles. The highest BCUT2D eigenvalue weighted by Gasteiger charge is 2.19. The maximum atomic E-state index is 11.8. The number of aromatic nitrogens is 1. The van der Waals surface area contributed by atoms with Crippen LogP contribution in [0.5, 0.6) is 0 Å². The molecular formula is C13H19N3O. The van der Waals surface area contributed by atoms with Gasteiger partial charge in [-0.3, -0.25) is 9.78 Å². The van der Waals surface area contributed by atoms with Crippen LogP contribution in [0, 0.1) is 5.92 Å². The number of hydrogen-bond donors (Lipinski definition) is 2. The van der Waals surface area contributed by atoms with Crippen LogP contribution in [0.1, 0.15) is 36.0 Å². The molecule has 0 radical (unpaired) electrons. The van der Waals surface area contributed by atoms with Crippen molar-refractivity contribution in [2.75, 3.05) is 6.54 Å². The number of carbonyl (C=O) groups excluding carboxylic acids is 1. The second-order valence-electron chi connectivity index (χ2n) is 4.74. The number of rotatable bonds is 3. The summed E-state index contributed by atoms with van der Waals surface area (Å²) in [5.74, 6) is 0.483. The quantitative estimate of drug-likeness (QED) is 0.827. The van der Waals surface area contributed by atoms with E-state index in [1.165, 1.54) is 12.8 Å². The highest BCUT2D eigenvalue weighted by molar-refractivity contribution is 5.93.